The van der Waals surface area contributed by atoms with Gasteiger partial charge in [0.1, 0.15) is 0 Å². The molecule has 8 heavy (non-hydrogen) atoms. The fraction of sp³-hybridized carbons (Fsp3) is 0.800. The van der Waals surface area contributed by atoms with Crippen molar-refractivity contribution in [2.24, 2.45) is 0 Å². The molecule has 0 aliphatic rings. The van der Waals surface area contributed by atoms with Crippen LogP contribution in [0.3, 0.4) is 0 Å². The van der Waals surface area contributed by atoms with Crippen LogP contribution in [0.1, 0.15) is 26.2 Å². The average Bonchev–Trinajstić information content (AvgIpc) is 1.61. The molecule has 0 amide bonds. The summed E-state index contributed by atoms with van der Waals surface area (Å²) in [5, 5.41) is 8.04. The Morgan fingerprint density at radius 3 is 2.25 bits per heavy atom. The summed E-state index contributed by atoms with van der Waals surface area (Å²) in [6, 6.07) is 0. The molecule has 0 bridgehead atoms. The molecule has 0 saturated heterocycles. The smallest absolute Gasteiger partial charge is 0.303 e. The predicted molar refractivity (Wildman–Crippen MR) is 27.2 cm³/mol. The van der Waals surface area contributed by atoms with Crippen molar-refractivity contribution in [3.05, 3.63) is 0 Å². The van der Waals surface area contributed by atoms with Gasteiger partial charge in [-0.05, 0) is 6.42 Å². The molecule has 0 aliphatic heterocycles. The van der Waals surface area contributed by atoms with Crippen LogP contribution in [0.25, 0.3) is 0 Å². The van der Waals surface area contributed by atoms with Gasteiger partial charge in [-0.15, -0.1) is 0 Å². The normalized spacial score (nSPS) is 7.62. The Kier molecular flexibility index (Phi) is 11.4. The van der Waals surface area contributed by atoms with Gasteiger partial charge in [0.15, 0.2) is 0 Å². The van der Waals surface area contributed by atoms with Crippen molar-refractivity contribution in [1.82, 2.24) is 0 Å². The Balaban J connectivity index is 0. The summed E-state index contributed by atoms with van der Waals surface area (Å²) in [6.45, 7) is 1.98. The van der Waals surface area contributed by atoms with Crippen LogP contribution in [0.4, 0.5) is 0 Å². The van der Waals surface area contributed by atoms with Gasteiger partial charge in [-0.25, -0.2) is 0 Å². The summed E-state index contributed by atoms with van der Waals surface area (Å²) in [5.74, 6) is -0.693. The second-order valence-corrected chi connectivity index (χ2v) is 1.50. The molecular formula is C5H10O2Pr. The van der Waals surface area contributed by atoms with Crippen molar-refractivity contribution in [1.29, 1.82) is 0 Å². The standard InChI is InChI=1S/C5H10O2.Pr/c1-2-3-4-5(6)7;/h2-4H2,1H3,(H,6,7);. The number of hydrogen-bond donors (Lipinski definition) is 1. The number of rotatable bonds is 3. The van der Waals surface area contributed by atoms with E-state index >= 15 is 0 Å². The zero-order chi connectivity index (χ0) is 5.70. The summed E-state index contributed by atoms with van der Waals surface area (Å²) in [5.41, 5.74) is 0. The van der Waals surface area contributed by atoms with Gasteiger partial charge in [0.25, 0.3) is 0 Å². The Labute approximate surface area is 82.6 Å². The van der Waals surface area contributed by atoms with Gasteiger partial charge in [0.2, 0.25) is 0 Å². The van der Waals surface area contributed by atoms with Gasteiger partial charge in [-0.3, -0.25) is 4.79 Å². The number of carbonyl (C=O) groups is 1. The molecule has 0 fully saturated rings. The summed E-state index contributed by atoms with van der Waals surface area (Å²) in [4.78, 5) is 9.76. The topological polar surface area (TPSA) is 37.3 Å². The first-order chi connectivity index (χ1) is 3.27. The molecule has 0 saturated carbocycles. The third kappa shape index (κ3) is 9.95. The van der Waals surface area contributed by atoms with E-state index in [4.69, 9.17) is 5.11 Å². The third-order valence-corrected chi connectivity index (χ3v) is 0.744. The van der Waals surface area contributed by atoms with Crippen LogP contribution in [0.5, 0.6) is 0 Å². The molecule has 2 nitrogen and oxygen atoms in total. The quantitative estimate of drug-likeness (QED) is 0.810. The Bertz CT molecular complexity index is 63.4. The van der Waals surface area contributed by atoms with E-state index in [1.807, 2.05) is 6.92 Å². The van der Waals surface area contributed by atoms with Crippen LogP contribution in [0.2, 0.25) is 0 Å². The Hall–Kier alpha value is 0.834. The zero-order valence-electron chi connectivity index (χ0n) is 5.05. The minimum atomic E-state index is -0.693. The second-order valence-electron chi connectivity index (χ2n) is 1.50. The van der Waals surface area contributed by atoms with Gasteiger partial charge in [-0.2, -0.15) is 0 Å². The molecule has 45 valence electrons. The fourth-order valence-corrected chi connectivity index (χ4v) is 0.328. The average molecular weight is 243 g/mol. The fourth-order valence-electron chi connectivity index (χ4n) is 0.328. The van der Waals surface area contributed by atoms with Crippen molar-refractivity contribution in [3.8, 4) is 0 Å². The Morgan fingerprint density at radius 2 is 2.12 bits per heavy atom. The van der Waals surface area contributed by atoms with Crippen molar-refractivity contribution >= 4 is 5.97 Å². The van der Waals surface area contributed by atoms with Crippen molar-refractivity contribution in [2.45, 2.75) is 26.2 Å². The van der Waals surface area contributed by atoms with Gasteiger partial charge < -0.3 is 5.11 Å². The minimum absolute atomic E-state index is 0. The largest absolute Gasteiger partial charge is 0.481 e. The summed E-state index contributed by atoms with van der Waals surface area (Å²) in [7, 11) is 0. The predicted octanol–water partition coefficient (Wildman–Crippen LogP) is 1.26. The van der Waals surface area contributed by atoms with E-state index in [9.17, 15) is 4.79 Å². The second kappa shape index (κ2) is 7.83. The molecule has 0 aromatic carbocycles. The molecule has 0 aromatic rings. The monoisotopic (exact) mass is 243 g/mol. The maximum Gasteiger partial charge on any atom is 0.303 e. The molecule has 0 aromatic heterocycles. The van der Waals surface area contributed by atoms with E-state index in [1.54, 1.807) is 0 Å². The number of carboxylic acid groups (broad SMARTS) is 1. The molecule has 0 heterocycles. The van der Waals surface area contributed by atoms with E-state index in [0.717, 1.165) is 12.8 Å². The summed E-state index contributed by atoms with van der Waals surface area (Å²) >= 11 is 0. The maximum absolute atomic E-state index is 9.76. The first kappa shape index (κ1) is 11.6. The van der Waals surface area contributed by atoms with E-state index < -0.39 is 5.97 Å². The van der Waals surface area contributed by atoms with Crippen LogP contribution < -0.4 is 0 Å². The molecule has 0 spiro atoms. The van der Waals surface area contributed by atoms with Gasteiger partial charge in [0.05, 0.1) is 0 Å². The molecule has 3 heteroatoms. The summed E-state index contributed by atoms with van der Waals surface area (Å²) < 4.78 is 0. The molecule has 1 N–H and O–H groups in total. The zero-order valence-corrected chi connectivity index (χ0v) is 8.76. The van der Waals surface area contributed by atoms with Crippen molar-refractivity contribution in [2.75, 3.05) is 0 Å². The van der Waals surface area contributed by atoms with Crippen molar-refractivity contribution in [3.63, 3.8) is 0 Å². The van der Waals surface area contributed by atoms with E-state index in [0.29, 0.717) is 6.42 Å². The number of unbranched alkanes of at least 4 members (excludes halogenated alkanes) is 1. The number of hydrogen-bond acceptors (Lipinski definition) is 1. The van der Waals surface area contributed by atoms with Crippen LogP contribution in [0, 0.1) is 41.3 Å². The van der Waals surface area contributed by atoms with E-state index in [1.165, 1.54) is 0 Å². The SMILES string of the molecule is CCCCC(=O)O.[Pr]. The van der Waals surface area contributed by atoms with Gasteiger partial charge in [-0.1, -0.05) is 13.3 Å². The van der Waals surface area contributed by atoms with E-state index in [2.05, 4.69) is 0 Å². The van der Waals surface area contributed by atoms with Crippen LogP contribution in [-0.2, 0) is 4.79 Å². The molecule has 1 radical (unpaired) electrons. The molecular weight excluding hydrogens is 233 g/mol. The van der Waals surface area contributed by atoms with Crippen molar-refractivity contribution < 1.29 is 51.2 Å². The molecule has 0 unspecified atom stereocenters. The number of aliphatic carboxylic acids is 1. The number of carboxylic acids is 1. The van der Waals surface area contributed by atoms with Crippen LogP contribution >= 0.6 is 0 Å². The summed E-state index contributed by atoms with van der Waals surface area (Å²) in [6.07, 6.45) is 2.08. The van der Waals surface area contributed by atoms with Gasteiger partial charge >= 0.3 is 5.97 Å². The van der Waals surface area contributed by atoms with Gasteiger partial charge in [0, 0.05) is 47.7 Å². The first-order valence-corrected chi connectivity index (χ1v) is 2.49. The van der Waals surface area contributed by atoms with E-state index in [-0.39, 0.29) is 41.3 Å². The third-order valence-electron chi connectivity index (χ3n) is 0.744. The maximum atomic E-state index is 9.76. The minimum Gasteiger partial charge on any atom is -0.481 e. The molecule has 0 aliphatic carbocycles. The van der Waals surface area contributed by atoms with Crippen LogP contribution in [-0.4, -0.2) is 11.1 Å². The Morgan fingerprint density at radius 1 is 1.62 bits per heavy atom. The van der Waals surface area contributed by atoms with Crippen LogP contribution in [0.15, 0.2) is 0 Å². The molecule has 0 rings (SSSR count). The first-order valence-electron chi connectivity index (χ1n) is 2.49. The molecule has 0 atom stereocenters.